The van der Waals surface area contributed by atoms with Crippen molar-refractivity contribution in [3.8, 4) is 6.07 Å². The predicted molar refractivity (Wildman–Crippen MR) is 55.1 cm³/mol. The van der Waals surface area contributed by atoms with Gasteiger partial charge >= 0.3 is 5.97 Å². The van der Waals surface area contributed by atoms with E-state index in [1.165, 1.54) is 7.11 Å². The summed E-state index contributed by atoms with van der Waals surface area (Å²) >= 11 is 0. The van der Waals surface area contributed by atoms with Crippen molar-refractivity contribution in [1.82, 2.24) is 5.32 Å². The van der Waals surface area contributed by atoms with Crippen LogP contribution in [0.3, 0.4) is 0 Å². The van der Waals surface area contributed by atoms with Crippen molar-refractivity contribution in [3.05, 3.63) is 0 Å². The maximum atomic E-state index is 11.3. The summed E-state index contributed by atoms with van der Waals surface area (Å²) in [6, 6.07) is 2.02. The van der Waals surface area contributed by atoms with Crippen molar-refractivity contribution >= 4 is 5.97 Å². The third-order valence-corrected chi connectivity index (χ3v) is 2.01. The zero-order valence-corrected chi connectivity index (χ0v) is 9.28. The summed E-state index contributed by atoms with van der Waals surface area (Å²) < 4.78 is 9.51. The predicted octanol–water partition coefficient (Wildman–Crippen LogP) is 0.315. The second-order valence-electron chi connectivity index (χ2n) is 3.11. The minimum Gasteiger partial charge on any atom is -0.469 e. The lowest BCUT2D eigenvalue weighted by atomic mass is 10.0. The van der Waals surface area contributed by atoms with Gasteiger partial charge in [0.2, 0.25) is 0 Å². The summed E-state index contributed by atoms with van der Waals surface area (Å²) in [5.41, 5.74) is 0. The molecular formula is C10H18N2O3. The summed E-state index contributed by atoms with van der Waals surface area (Å²) in [7, 11) is 2.98. The lowest BCUT2D eigenvalue weighted by Crippen LogP contribution is -2.31. The molecule has 0 rings (SSSR count). The summed E-state index contributed by atoms with van der Waals surface area (Å²) in [4.78, 5) is 11.3. The molecule has 0 fully saturated rings. The Morgan fingerprint density at radius 3 is 2.80 bits per heavy atom. The normalized spacial score (nSPS) is 11.8. The molecule has 0 spiro atoms. The van der Waals surface area contributed by atoms with E-state index in [1.807, 2.05) is 6.07 Å². The van der Waals surface area contributed by atoms with Crippen molar-refractivity contribution in [2.45, 2.75) is 12.8 Å². The first-order valence-electron chi connectivity index (χ1n) is 4.90. The van der Waals surface area contributed by atoms with E-state index in [9.17, 15) is 4.79 Å². The van der Waals surface area contributed by atoms with Crippen LogP contribution in [0.2, 0.25) is 0 Å². The molecule has 0 heterocycles. The van der Waals surface area contributed by atoms with Gasteiger partial charge in [0.15, 0.2) is 0 Å². The molecule has 15 heavy (non-hydrogen) atoms. The highest BCUT2D eigenvalue weighted by atomic mass is 16.5. The molecule has 0 aromatic carbocycles. The molecule has 1 unspecified atom stereocenters. The van der Waals surface area contributed by atoms with Gasteiger partial charge in [-0.3, -0.25) is 4.79 Å². The highest BCUT2D eigenvalue weighted by Crippen LogP contribution is 2.06. The van der Waals surface area contributed by atoms with Crippen molar-refractivity contribution in [3.63, 3.8) is 0 Å². The molecule has 0 aromatic heterocycles. The van der Waals surface area contributed by atoms with Crippen molar-refractivity contribution in [2.75, 3.05) is 33.9 Å². The van der Waals surface area contributed by atoms with Gasteiger partial charge in [0.05, 0.1) is 25.7 Å². The second-order valence-corrected chi connectivity index (χ2v) is 3.11. The Hall–Kier alpha value is -1.12. The molecule has 0 radical (unpaired) electrons. The van der Waals surface area contributed by atoms with E-state index in [1.54, 1.807) is 7.11 Å². The number of nitrogens with zero attached hydrogens (tertiary/aromatic N) is 1. The number of methoxy groups -OCH3 is 2. The van der Waals surface area contributed by atoms with Crippen LogP contribution in [0.5, 0.6) is 0 Å². The van der Waals surface area contributed by atoms with Gasteiger partial charge in [-0.05, 0) is 6.42 Å². The Bertz CT molecular complexity index is 213. The van der Waals surface area contributed by atoms with Gasteiger partial charge in [0.1, 0.15) is 0 Å². The number of carbonyl (C=O) groups is 1. The average Bonchev–Trinajstić information content (AvgIpc) is 2.27. The Kier molecular flexibility index (Phi) is 8.73. The highest BCUT2D eigenvalue weighted by molar-refractivity contribution is 5.72. The highest BCUT2D eigenvalue weighted by Gasteiger charge is 2.17. The van der Waals surface area contributed by atoms with Crippen LogP contribution in [0.1, 0.15) is 12.8 Å². The molecule has 0 aromatic rings. The van der Waals surface area contributed by atoms with E-state index < -0.39 is 0 Å². The Balaban J connectivity index is 3.80. The molecule has 0 bridgehead atoms. The minimum absolute atomic E-state index is 0.244. The second kappa shape index (κ2) is 9.44. The minimum atomic E-state index is -0.268. The largest absolute Gasteiger partial charge is 0.469 e. The maximum absolute atomic E-state index is 11.3. The van der Waals surface area contributed by atoms with E-state index in [0.717, 1.165) is 0 Å². The first kappa shape index (κ1) is 13.9. The van der Waals surface area contributed by atoms with Crippen molar-refractivity contribution in [2.24, 2.45) is 5.92 Å². The van der Waals surface area contributed by atoms with Crippen LogP contribution in [0, 0.1) is 17.2 Å². The monoisotopic (exact) mass is 214 g/mol. The number of nitrogens with one attached hydrogen (secondary N) is 1. The van der Waals surface area contributed by atoms with Gasteiger partial charge < -0.3 is 14.8 Å². The van der Waals surface area contributed by atoms with E-state index in [2.05, 4.69) is 10.1 Å². The van der Waals surface area contributed by atoms with Crippen LogP contribution in [0.25, 0.3) is 0 Å². The molecule has 0 saturated carbocycles. The molecule has 86 valence electrons. The zero-order valence-electron chi connectivity index (χ0n) is 9.28. The van der Waals surface area contributed by atoms with Crippen LogP contribution in [-0.4, -0.2) is 39.9 Å². The first-order valence-corrected chi connectivity index (χ1v) is 4.90. The summed E-state index contributed by atoms with van der Waals surface area (Å²) in [6.07, 6.45) is 0.898. The van der Waals surface area contributed by atoms with Gasteiger partial charge in [-0.1, -0.05) is 0 Å². The smallest absolute Gasteiger partial charge is 0.309 e. The molecule has 0 aliphatic carbocycles. The fourth-order valence-electron chi connectivity index (χ4n) is 1.16. The quantitative estimate of drug-likeness (QED) is 0.465. The van der Waals surface area contributed by atoms with Crippen molar-refractivity contribution < 1.29 is 14.3 Å². The number of rotatable bonds is 8. The lowest BCUT2D eigenvalue weighted by Gasteiger charge is -2.13. The van der Waals surface area contributed by atoms with Gasteiger partial charge in [-0.2, -0.15) is 5.26 Å². The standard InChI is InChI=1S/C10H18N2O3/c1-14-7-6-12-8-9(4-3-5-11)10(13)15-2/h9,12H,3-4,6-8H2,1-2H3. The molecule has 0 aliphatic heterocycles. The summed E-state index contributed by atoms with van der Waals surface area (Å²) in [5, 5.41) is 11.5. The molecular weight excluding hydrogens is 196 g/mol. The van der Waals surface area contributed by atoms with Gasteiger partial charge in [0.25, 0.3) is 0 Å². The Labute approximate surface area is 90.4 Å². The number of esters is 1. The molecule has 1 N–H and O–H groups in total. The molecule has 0 aliphatic rings. The number of carbonyl (C=O) groups excluding carboxylic acids is 1. The van der Waals surface area contributed by atoms with Crippen LogP contribution in [-0.2, 0) is 14.3 Å². The number of hydrogen-bond donors (Lipinski definition) is 1. The number of hydrogen-bond acceptors (Lipinski definition) is 5. The number of nitriles is 1. The molecule has 5 heteroatoms. The van der Waals surface area contributed by atoms with E-state index in [4.69, 9.17) is 10.00 Å². The first-order chi connectivity index (χ1) is 7.26. The molecule has 0 saturated heterocycles. The third kappa shape index (κ3) is 6.89. The molecule has 0 amide bonds. The maximum Gasteiger partial charge on any atom is 0.309 e. The average molecular weight is 214 g/mol. The van der Waals surface area contributed by atoms with Gasteiger partial charge in [-0.25, -0.2) is 0 Å². The fourth-order valence-corrected chi connectivity index (χ4v) is 1.16. The van der Waals surface area contributed by atoms with Crippen LogP contribution >= 0.6 is 0 Å². The lowest BCUT2D eigenvalue weighted by molar-refractivity contribution is -0.145. The third-order valence-electron chi connectivity index (χ3n) is 2.01. The van der Waals surface area contributed by atoms with E-state index in [-0.39, 0.29) is 11.9 Å². The van der Waals surface area contributed by atoms with E-state index in [0.29, 0.717) is 32.5 Å². The van der Waals surface area contributed by atoms with Gasteiger partial charge in [0, 0.05) is 26.6 Å². The Morgan fingerprint density at radius 1 is 1.53 bits per heavy atom. The van der Waals surface area contributed by atoms with Gasteiger partial charge in [-0.15, -0.1) is 0 Å². The summed E-state index contributed by atoms with van der Waals surface area (Å²) in [5.74, 6) is -0.512. The van der Waals surface area contributed by atoms with Crippen LogP contribution in [0.4, 0.5) is 0 Å². The zero-order chi connectivity index (χ0) is 11.5. The SMILES string of the molecule is COCCNCC(CCC#N)C(=O)OC. The summed E-state index contributed by atoms with van der Waals surface area (Å²) in [6.45, 7) is 1.82. The van der Waals surface area contributed by atoms with E-state index >= 15 is 0 Å². The van der Waals surface area contributed by atoms with Crippen LogP contribution in [0.15, 0.2) is 0 Å². The fraction of sp³-hybridized carbons (Fsp3) is 0.800. The Morgan fingerprint density at radius 2 is 2.27 bits per heavy atom. The molecule has 5 nitrogen and oxygen atoms in total. The van der Waals surface area contributed by atoms with Crippen LogP contribution < -0.4 is 5.32 Å². The molecule has 1 atom stereocenters. The number of ether oxygens (including phenoxy) is 2. The van der Waals surface area contributed by atoms with Crippen molar-refractivity contribution in [1.29, 1.82) is 5.26 Å². The topological polar surface area (TPSA) is 71.3 Å².